The zero-order chi connectivity index (χ0) is 10.6. The molecule has 78 valence electrons. The molecule has 0 radical (unpaired) electrons. The molecule has 0 amide bonds. The van der Waals surface area contributed by atoms with Gasteiger partial charge < -0.3 is 5.32 Å². The van der Waals surface area contributed by atoms with Crippen LogP contribution < -0.4 is 5.32 Å². The Bertz CT molecular complexity index is 294. The fourth-order valence-corrected chi connectivity index (χ4v) is 1.64. The molecule has 1 N–H and O–H groups in total. The summed E-state index contributed by atoms with van der Waals surface area (Å²) in [6, 6.07) is 6.59. The Balaban J connectivity index is 2.68. The van der Waals surface area contributed by atoms with Gasteiger partial charge in [0.25, 0.3) is 0 Å². The second kappa shape index (κ2) is 4.45. The summed E-state index contributed by atoms with van der Waals surface area (Å²) in [5, 5.41) is 3.32. The Labute approximate surface area is 85.3 Å². The lowest BCUT2D eigenvalue weighted by atomic mass is 9.98. The topological polar surface area (TPSA) is 12.0 Å². The molecule has 1 nitrogen and oxygen atoms in total. The minimum atomic E-state index is -0.192. The van der Waals surface area contributed by atoms with E-state index in [1.807, 2.05) is 6.07 Å². The van der Waals surface area contributed by atoms with Gasteiger partial charge in [-0.1, -0.05) is 19.4 Å². The van der Waals surface area contributed by atoms with Gasteiger partial charge in [-0.3, -0.25) is 0 Å². The number of anilines is 1. The van der Waals surface area contributed by atoms with E-state index in [0.29, 0.717) is 0 Å². The maximum atomic E-state index is 12.9. The van der Waals surface area contributed by atoms with E-state index in [2.05, 4.69) is 26.1 Å². The second-order valence-electron chi connectivity index (χ2n) is 4.27. The maximum Gasteiger partial charge on any atom is 0.125 e. The van der Waals surface area contributed by atoms with Crippen LogP contribution in [0.3, 0.4) is 0 Å². The van der Waals surface area contributed by atoms with Crippen LogP contribution in [0.15, 0.2) is 24.3 Å². The highest BCUT2D eigenvalue weighted by atomic mass is 19.1. The summed E-state index contributed by atoms with van der Waals surface area (Å²) in [4.78, 5) is 0. The number of hydrogen-bond donors (Lipinski definition) is 1. The van der Waals surface area contributed by atoms with Crippen molar-refractivity contribution in [3.05, 3.63) is 30.1 Å². The Hall–Kier alpha value is -1.05. The van der Waals surface area contributed by atoms with Crippen LogP contribution in [0.2, 0.25) is 0 Å². The number of benzene rings is 1. The van der Waals surface area contributed by atoms with Crippen molar-refractivity contribution in [2.45, 2.75) is 39.2 Å². The monoisotopic (exact) mass is 195 g/mol. The quantitative estimate of drug-likeness (QED) is 0.770. The predicted octanol–water partition coefficient (Wildman–Crippen LogP) is 3.82. The standard InChI is InChI=1S/C12H18FN/c1-4-8-12(2,3)14-11-7-5-6-10(13)9-11/h5-7,9,14H,4,8H2,1-3H3. The lowest BCUT2D eigenvalue weighted by molar-refractivity contribution is 0.510. The van der Waals surface area contributed by atoms with Gasteiger partial charge in [0, 0.05) is 11.2 Å². The summed E-state index contributed by atoms with van der Waals surface area (Å²) in [7, 11) is 0. The molecular weight excluding hydrogens is 177 g/mol. The minimum absolute atomic E-state index is 0.0303. The van der Waals surface area contributed by atoms with Crippen molar-refractivity contribution < 1.29 is 4.39 Å². The van der Waals surface area contributed by atoms with Gasteiger partial charge in [0.05, 0.1) is 0 Å². The van der Waals surface area contributed by atoms with Crippen LogP contribution in [-0.4, -0.2) is 5.54 Å². The minimum Gasteiger partial charge on any atom is -0.380 e. The fourth-order valence-electron chi connectivity index (χ4n) is 1.64. The van der Waals surface area contributed by atoms with Gasteiger partial charge in [-0.15, -0.1) is 0 Å². The molecule has 0 aromatic heterocycles. The largest absolute Gasteiger partial charge is 0.380 e. The third-order valence-electron chi connectivity index (χ3n) is 2.18. The molecule has 1 aromatic carbocycles. The number of hydrogen-bond acceptors (Lipinski definition) is 1. The normalized spacial score (nSPS) is 11.4. The van der Waals surface area contributed by atoms with Crippen molar-refractivity contribution in [2.75, 3.05) is 5.32 Å². The average molecular weight is 195 g/mol. The Kier molecular flexibility index (Phi) is 3.50. The molecule has 0 aliphatic heterocycles. The van der Waals surface area contributed by atoms with Crippen molar-refractivity contribution >= 4 is 5.69 Å². The van der Waals surface area contributed by atoms with Gasteiger partial charge >= 0.3 is 0 Å². The van der Waals surface area contributed by atoms with Crippen molar-refractivity contribution in [1.29, 1.82) is 0 Å². The van der Waals surface area contributed by atoms with E-state index in [0.717, 1.165) is 18.5 Å². The molecule has 14 heavy (non-hydrogen) atoms. The highest BCUT2D eigenvalue weighted by Crippen LogP contribution is 2.19. The Morgan fingerprint density at radius 3 is 2.64 bits per heavy atom. The van der Waals surface area contributed by atoms with Crippen LogP contribution in [0.1, 0.15) is 33.6 Å². The first-order valence-corrected chi connectivity index (χ1v) is 5.07. The summed E-state index contributed by atoms with van der Waals surface area (Å²) in [6.45, 7) is 6.40. The number of halogens is 1. The molecular formula is C12H18FN. The van der Waals surface area contributed by atoms with E-state index < -0.39 is 0 Å². The molecule has 0 bridgehead atoms. The highest BCUT2D eigenvalue weighted by molar-refractivity contribution is 5.45. The van der Waals surface area contributed by atoms with E-state index >= 15 is 0 Å². The predicted molar refractivity (Wildman–Crippen MR) is 59.0 cm³/mol. The highest BCUT2D eigenvalue weighted by Gasteiger charge is 2.15. The smallest absolute Gasteiger partial charge is 0.125 e. The van der Waals surface area contributed by atoms with Crippen molar-refractivity contribution in [3.63, 3.8) is 0 Å². The average Bonchev–Trinajstić information content (AvgIpc) is 2.02. The molecule has 0 fully saturated rings. The van der Waals surface area contributed by atoms with Crippen molar-refractivity contribution in [1.82, 2.24) is 0 Å². The van der Waals surface area contributed by atoms with Crippen molar-refractivity contribution in [2.24, 2.45) is 0 Å². The molecule has 0 aliphatic rings. The van der Waals surface area contributed by atoms with E-state index in [4.69, 9.17) is 0 Å². The summed E-state index contributed by atoms with van der Waals surface area (Å²) in [6.07, 6.45) is 2.19. The van der Waals surface area contributed by atoms with Crippen LogP contribution in [-0.2, 0) is 0 Å². The first-order chi connectivity index (χ1) is 6.53. The van der Waals surface area contributed by atoms with Crippen LogP contribution in [0, 0.1) is 5.82 Å². The van der Waals surface area contributed by atoms with Gasteiger partial charge in [0.2, 0.25) is 0 Å². The molecule has 1 aromatic rings. The Morgan fingerprint density at radius 1 is 1.36 bits per heavy atom. The van der Waals surface area contributed by atoms with E-state index in [1.54, 1.807) is 6.07 Å². The Morgan fingerprint density at radius 2 is 2.07 bits per heavy atom. The van der Waals surface area contributed by atoms with Crippen molar-refractivity contribution in [3.8, 4) is 0 Å². The molecule has 2 heteroatoms. The van der Waals surface area contributed by atoms with Crippen LogP contribution in [0.4, 0.5) is 10.1 Å². The van der Waals surface area contributed by atoms with Crippen LogP contribution in [0.25, 0.3) is 0 Å². The number of rotatable bonds is 4. The van der Waals surface area contributed by atoms with Gasteiger partial charge in [0.1, 0.15) is 5.82 Å². The summed E-state index contributed by atoms with van der Waals surface area (Å²) in [5.41, 5.74) is 0.881. The molecule has 0 spiro atoms. The SMILES string of the molecule is CCCC(C)(C)Nc1cccc(F)c1. The molecule has 0 aliphatic carbocycles. The zero-order valence-corrected chi connectivity index (χ0v) is 9.10. The molecule has 0 heterocycles. The van der Waals surface area contributed by atoms with E-state index in [-0.39, 0.29) is 11.4 Å². The third kappa shape index (κ3) is 3.36. The molecule has 0 saturated heterocycles. The second-order valence-corrected chi connectivity index (χ2v) is 4.27. The van der Waals surface area contributed by atoms with Crippen LogP contribution >= 0.6 is 0 Å². The summed E-state index contributed by atoms with van der Waals surface area (Å²) >= 11 is 0. The zero-order valence-electron chi connectivity index (χ0n) is 9.10. The molecule has 0 saturated carbocycles. The lowest BCUT2D eigenvalue weighted by Crippen LogP contribution is -2.30. The molecule has 0 atom stereocenters. The van der Waals surface area contributed by atoms with E-state index in [1.165, 1.54) is 12.1 Å². The first-order valence-electron chi connectivity index (χ1n) is 5.07. The van der Waals surface area contributed by atoms with Gasteiger partial charge in [0.15, 0.2) is 0 Å². The van der Waals surface area contributed by atoms with Gasteiger partial charge in [-0.2, -0.15) is 0 Å². The fraction of sp³-hybridized carbons (Fsp3) is 0.500. The van der Waals surface area contributed by atoms with E-state index in [9.17, 15) is 4.39 Å². The molecule has 1 rings (SSSR count). The lowest BCUT2D eigenvalue weighted by Gasteiger charge is -2.27. The summed E-state index contributed by atoms with van der Waals surface area (Å²) in [5.74, 6) is -0.192. The summed E-state index contributed by atoms with van der Waals surface area (Å²) < 4.78 is 12.9. The third-order valence-corrected chi connectivity index (χ3v) is 2.18. The maximum absolute atomic E-state index is 12.9. The first kappa shape index (κ1) is 11.0. The number of nitrogens with one attached hydrogen (secondary N) is 1. The molecule has 0 unspecified atom stereocenters. The van der Waals surface area contributed by atoms with Gasteiger partial charge in [-0.05, 0) is 38.5 Å². The van der Waals surface area contributed by atoms with Crippen LogP contribution in [0.5, 0.6) is 0 Å². The van der Waals surface area contributed by atoms with Gasteiger partial charge in [-0.25, -0.2) is 4.39 Å².